The average Bonchev–Trinajstić information content (AvgIpc) is 3.06. The van der Waals surface area contributed by atoms with Crippen molar-refractivity contribution in [1.82, 2.24) is 4.90 Å². The standard InChI is InChI=1S/C19H18Cl2F3N3O/c20-14-8-13(9-15(21)16(14)25)26-17(28)18(19(22,23)24)6-7-27(11-18)10-12-4-2-1-3-5-12/h1-5,8-9H,6-7,10-11,25H2,(H,26,28)/t18-/m1/s1. The average molecular weight is 432 g/mol. The number of hydrogen-bond acceptors (Lipinski definition) is 3. The van der Waals surface area contributed by atoms with E-state index in [9.17, 15) is 18.0 Å². The van der Waals surface area contributed by atoms with Crippen LogP contribution in [0.5, 0.6) is 0 Å². The number of carbonyl (C=O) groups excluding carboxylic acids is 1. The molecule has 0 spiro atoms. The Bertz CT molecular complexity index is 853. The Balaban J connectivity index is 1.81. The molecule has 0 radical (unpaired) electrons. The fourth-order valence-corrected chi connectivity index (χ4v) is 3.81. The topological polar surface area (TPSA) is 58.4 Å². The lowest BCUT2D eigenvalue weighted by molar-refractivity contribution is -0.215. The van der Waals surface area contributed by atoms with Crippen LogP contribution in [0.25, 0.3) is 0 Å². The van der Waals surface area contributed by atoms with Crippen molar-refractivity contribution in [2.75, 3.05) is 24.1 Å². The monoisotopic (exact) mass is 431 g/mol. The van der Waals surface area contributed by atoms with Crippen molar-refractivity contribution < 1.29 is 18.0 Å². The number of anilines is 2. The smallest absolute Gasteiger partial charge is 0.396 e. The molecule has 4 nitrogen and oxygen atoms in total. The highest BCUT2D eigenvalue weighted by Crippen LogP contribution is 2.47. The minimum absolute atomic E-state index is 0.0565. The number of amides is 1. The van der Waals surface area contributed by atoms with E-state index in [4.69, 9.17) is 28.9 Å². The van der Waals surface area contributed by atoms with Crippen molar-refractivity contribution in [2.24, 2.45) is 5.41 Å². The molecule has 2 aromatic rings. The van der Waals surface area contributed by atoms with Gasteiger partial charge in [-0.05, 0) is 30.7 Å². The summed E-state index contributed by atoms with van der Waals surface area (Å²) in [5.41, 5.74) is 4.17. The first-order valence-electron chi connectivity index (χ1n) is 8.51. The first-order valence-corrected chi connectivity index (χ1v) is 9.27. The van der Waals surface area contributed by atoms with Crippen molar-refractivity contribution in [3.8, 4) is 0 Å². The number of benzene rings is 2. The molecule has 9 heteroatoms. The molecule has 1 heterocycles. The number of nitrogen functional groups attached to an aromatic ring is 1. The van der Waals surface area contributed by atoms with E-state index in [1.165, 1.54) is 12.1 Å². The molecule has 0 unspecified atom stereocenters. The van der Waals surface area contributed by atoms with E-state index in [1.807, 2.05) is 30.3 Å². The zero-order chi connectivity index (χ0) is 20.5. The summed E-state index contributed by atoms with van der Waals surface area (Å²) in [7, 11) is 0. The van der Waals surface area contributed by atoms with Gasteiger partial charge in [0.05, 0.1) is 15.7 Å². The summed E-state index contributed by atoms with van der Waals surface area (Å²) in [6.07, 6.45) is -5.03. The summed E-state index contributed by atoms with van der Waals surface area (Å²) in [5.74, 6) is -1.13. The van der Waals surface area contributed by atoms with E-state index in [0.717, 1.165) is 5.56 Å². The van der Waals surface area contributed by atoms with Gasteiger partial charge < -0.3 is 11.1 Å². The van der Waals surface area contributed by atoms with E-state index >= 15 is 0 Å². The Labute approximate surface area is 170 Å². The molecule has 1 saturated heterocycles. The molecule has 2 aromatic carbocycles. The van der Waals surface area contributed by atoms with Gasteiger partial charge in [-0.1, -0.05) is 53.5 Å². The number of halogens is 5. The molecule has 0 saturated carbocycles. The van der Waals surface area contributed by atoms with Gasteiger partial charge in [0.15, 0.2) is 5.41 Å². The van der Waals surface area contributed by atoms with Gasteiger partial charge >= 0.3 is 6.18 Å². The van der Waals surface area contributed by atoms with Crippen LogP contribution in [0.2, 0.25) is 10.0 Å². The summed E-state index contributed by atoms with van der Waals surface area (Å²) in [4.78, 5) is 14.3. The highest BCUT2D eigenvalue weighted by Gasteiger charge is 2.63. The molecule has 1 atom stereocenters. The Morgan fingerprint density at radius 2 is 1.79 bits per heavy atom. The molecular formula is C19H18Cl2F3N3O. The van der Waals surface area contributed by atoms with Gasteiger partial charge in [-0.15, -0.1) is 0 Å². The van der Waals surface area contributed by atoms with Crippen LogP contribution in [0.1, 0.15) is 12.0 Å². The molecular weight excluding hydrogens is 414 g/mol. The second kappa shape index (κ2) is 7.81. The van der Waals surface area contributed by atoms with Gasteiger partial charge in [-0.2, -0.15) is 13.2 Å². The second-order valence-electron chi connectivity index (χ2n) is 6.83. The lowest BCUT2D eigenvalue weighted by atomic mass is 9.85. The fourth-order valence-electron chi connectivity index (χ4n) is 3.32. The number of carbonyl (C=O) groups is 1. The minimum Gasteiger partial charge on any atom is -0.396 e. The Morgan fingerprint density at radius 3 is 2.36 bits per heavy atom. The maximum atomic E-state index is 13.9. The molecule has 1 aliphatic rings. The highest BCUT2D eigenvalue weighted by atomic mass is 35.5. The van der Waals surface area contributed by atoms with Crippen LogP contribution in [-0.4, -0.2) is 30.1 Å². The summed E-state index contributed by atoms with van der Waals surface area (Å²) in [6, 6.07) is 11.7. The van der Waals surface area contributed by atoms with Gasteiger partial charge in [0.1, 0.15) is 0 Å². The SMILES string of the molecule is Nc1c(Cl)cc(NC(=O)[C@@]2(C(F)(F)F)CCN(Cc3ccccc3)C2)cc1Cl. The van der Waals surface area contributed by atoms with Gasteiger partial charge in [0.2, 0.25) is 5.91 Å². The van der Waals surface area contributed by atoms with Crippen LogP contribution < -0.4 is 11.1 Å². The van der Waals surface area contributed by atoms with Crippen molar-refractivity contribution in [2.45, 2.75) is 19.1 Å². The van der Waals surface area contributed by atoms with Crippen LogP contribution in [0, 0.1) is 5.41 Å². The summed E-state index contributed by atoms with van der Waals surface area (Å²) >= 11 is 11.8. The third kappa shape index (κ3) is 4.06. The predicted octanol–water partition coefficient (Wildman–Crippen LogP) is 4.97. The lowest BCUT2D eigenvalue weighted by Gasteiger charge is -2.30. The Morgan fingerprint density at radius 1 is 1.18 bits per heavy atom. The number of nitrogens with zero attached hydrogens (tertiary/aromatic N) is 1. The number of alkyl halides is 3. The van der Waals surface area contributed by atoms with Crippen LogP contribution in [-0.2, 0) is 11.3 Å². The number of hydrogen-bond donors (Lipinski definition) is 2. The first kappa shape index (κ1) is 20.8. The molecule has 1 aliphatic heterocycles. The summed E-state index contributed by atoms with van der Waals surface area (Å²) in [6.45, 7) is 0.0736. The summed E-state index contributed by atoms with van der Waals surface area (Å²) < 4.78 is 41.8. The van der Waals surface area contributed by atoms with Gasteiger partial charge in [0, 0.05) is 18.8 Å². The fraction of sp³-hybridized carbons (Fsp3) is 0.316. The molecule has 0 aliphatic carbocycles. The quantitative estimate of drug-likeness (QED) is 0.671. The van der Waals surface area contributed by atoms with Crippen LogP contribution in [0.3, 0.4) is 0 Å². The van der Waals surface area contributed by atoms with Gasteiger partial charge in [0.25, 0.3) is 0 Å². The van der Waals surface area contributed by atoms with Crippen molar-refractivity contribution in [1.29, 1.82) is 0 Å². The van der Waals surface area contributed by atoms with E-state index in [2.05, 4.69) is 5.32 Å². The number of rotatable bonds is 4. The van der Waals surface area contributed by atoms with E-state index in [-0.39, 0.29) is 34.4 Å². The zero-order valence-corrected chi connectivity index (χ0v) is 16.2. The Hall–Kier alpha value is -1.96. The minimum atomic E-state index is -4.70. The number of likely N-dealkylation sites (tertiary alicyclic amines) is 1. The van der Waals surface area contributed by atoms with E-state index < -0.39 is 24.0 Å². The molecule has 1 amide bonds. The van der Waals surface area contributed by atoms with Gasteiger partial charge in [-0.25, -0.2) is 0 Å². The first-order chi connectivity index (χ1) is 13.1. The molecule has 3 rings (SSSR count). The van der Waals surface area contributed by atoms with Gasteiger partial charge in [-0.3, -0.25) is 9.69 Å². The van der Waals surface area contributed by atoms with Crippen molar-refractivity contribution in [3.05, 3.63) is 58.1 Å². The molecule has 28 heavy (non-hydrogen) atoms. The zero-order valence-electron chi connectivity index (χ0n) is 14.7. The third-order valence-electron chi connectivity index (χ3n) is 4.91. The third-order valence-corrected chi connectivity index (χ3v) is 5.54. The molecule has 0 aromatic heterocycles. The Kier molecular flexibility index (Phi) is 5.79. The summed E-state index contributed by atoms with van der Waals surface area (Å²) in [5, 5.41) is 2.43. The number of nitrogens with two attached hydrogens (primary N) is 1. The van der Waals surface area contributed by atoms with Crippen LogP contribution in [0.4, 0.5) is 24.5 Å². The largest absolute Gasteiger partial charge is 0.404 e. The molecule has 3 N–H and O–H groups in total. The predicted molar refractivity (Wildman–Crippen MR) is 104 cm³/mol. The van der Waals surface area contributed by atoms with Crippen molar-refractivity contribution in [3.63, 3.8) is 0 Å². The van der Waals surface area contributed by atoms with Crippen LogP contribution >= 0.6 is 23.2 Å². The van der Waals surface area contributed by atoms with Crippen LogP contribution in [0.15, 0.2) is 42.5 Å². The maximum absolute atomic E-state index is 13.9. The second-order valence-corrected chi connectivity index (χ2v) is 7.65. The highest BCUT2D eigenvalue weighted by molar-refractivity contribution is 6.39. The normalized spacial score (nSPS) is 20.3. The van der Waals surface area contributed by atoms with Crippen molar-refractivity contribution >= 4 is 40.5 Å². The number of nitrogens with one attached hydrogen (secondary N) is 1. The molecule has 0 bridgehead atoms. The lowest BCUT2D eigenvalue weighted by Crippen LogP contribution is -2.49. The molecule has 1 fully saturated rings. The van der Waals surface area contributed by atoms with E-state index in [1.54, 1.807) is 4.90 Å². The van der Waals surface area contributed by atoms with E-state index in [0.29, 0.717) is 6.54 Å². The maximum Gasteiger partial charge on any atom is 0.404 e. The molecule has 150 valence electrons.